The number of ether oxygens (including phenoxy) is 1. The van der Waals surface area contributed by atoms with E-state index in [-0.39, 0.29) is 11.8 Å². The maximum Gasteiger partial charge on any atom is 0.275 e. The number of carbonyl (C=O) groups is 2. The van der Waals surface area contributed by atoms with Gasteiger partial charge in [0, 0.05) is 45.2 Å². The van der Waals surface area contributed by atoms with Crippen molar-refractivity contribution >= 4 is 22.7 Å². The smallest absolute Gasteiger partial charge is 0.275 e. The molecule has 2 heterocycles. The van der Waals surface area contributed by atoms with Crippen LogP contribution in [0.1, 0.15) is 23.0 Å². The molecule has 0 unspecified atom stereocenters. The zero-order chi connectivity index (χ0) is 22.5. The summed E-state index contributed by atoms with van der Waals surface area (Å²) in [6, 6.07) is 15.5. The molecule has 1 aliphatic rings. The number of H-pyrrole nitrogens is 1. The molecule has 8 heteroatoms. The van der Waals surface area contributed by atoms with Crippen molar-refractivity contribution < 1.29 is 14.3 Å². The average molecular weight is 436 g/mol. The van der Waals surface area contributed by atoms with E-state index in [1.165, 1.54) is 0 Å². The summed E-state index contributed by atoms with van der Waals surface area (Å²) in [5, 5.41) is 7.98. The molecule has 0 bridgehead atoms. The van der Waals surface area contributed by atoms with Crippen LogP contribution in [0.25, 0.3) is 10.9 Å². The van der Waals surface area contributed by atoms with Crippen LogP contribution in [-0.2, 0) is 11.3 Å². The summed E-state index contributed by atoms with van der Waals surface area (Å²) < 4.78 is 5.46. The van der Waals surface area contributed by atoms with Crippen molar-refractivity contribution in [3.63, 3.8) is 0 Å². The standard InChI is InChI=1S/C24H29N5O3/c1-3-32-19-10-8-18(9-11-19)16-27(2)22(30)17-28-12-14-29(15-13-28)24(31)23-20-6-4-5-7-21(20)25-26-23/h4-11H,3,12-17H2,1-2H3,(H,25,26). The maximum absolute atomic E-state index is 12.9. The first-order chi connectivity index (χ1) is 15.5. The number of rotatable bonds is 7. The largest absolute Gasteiger partial charge is 0.494 e. The van der Waals surface area contributed by atoms with E-state index in [0.29, 0.717) is 51.6 Å². The number of nitrogens with one attached hydrogen (secondary N) is 1. The number of likely N-dealkylation sites (N-methyl/N-ethyl adjacent to an activating group) is 1. The molecule has 0 spiro atoms. The van der Waals surface area contributed by atoms with Crippen LogP contribution in [0.3, 0.4) is 0 Å². The molecule has 32 heavy (non-hydrogen) atoms. The third-order valence-electron chi connectivity index (χ3n) is 5.77. The van der Waals surface area contributed by atoms with Crippen molar-refractivity contribution in [3.05, 3.63) is 59.8 Å². The van der Waals surface area contributed by atoms with E-state index < -0.39 is 0 Å². The number of hydrogen-bond donors (Lipinski definition) is 1. The summed E-state index contributed by atoms with van der Waals surface area (Å²) in [5.41, 5.74) is 2.38. The van der Waals surface area contributed by atoms with Gasteiger partial charge in [-0.3, -0.25) is 19.6 Å². The minimum absolute atomic E-state index is 0.0666. The summed E-state index contributed by atoms with van der Waals surface area (Å²) in [6.07, 6.45) is 0. The first-order valence-corrected chi connectivity index (χ1v) is 11.0. The molecular weight excluding hydrogens is 406 g/mol. The van der Waals surface area contributed by atoms with Crippen LogP contribution in [-0.4, -0.2) is 83.1 Å². The van der Waals surface area contributed by atoms with Gasteiger partial charge < -0.3 is 14.5 Å². The molecule has 8 nitrogen and oxygen atoms in total. The molecule has 0 aliphatic carbocycles. The van der Waals surface area contributed by atoms with Crippen molar-refractivity contribution in [3.8, 4) is 5.75 Å². The molecule has 1 N–H and O–H groups in total. The van der Waals surface area contributed by atoms with Gasteiger partial charge in [0.1, 0.15) is 5.75 Å². The van der Waals surface area contributed by atoms with Gasteiger partial charge in [0.15, 0.2) is 5.69 Å². The number of hydrogen-bond acceptors (Lipinski definition) is 5. The monoisotopic (exact) mass is 435 g/mol. The van der Waals surface area contributed by atoms with Crippen LogP contribution in [0.15, 0.2) is 48.5 Å². The van der Waals surface area contributed by atoms with Crippen LogP contribution >= 0.6 is 0 Å². The lowest BCUT2D eigenvalue weighted by Gasteiger charge is -2.34. The SMILES string of the molecule is CCOc1ccc(CN(C)C(=O)CN2CCN(C(=O)c3n[nH]c4ccccc34)CC2)cc1. The predicted molar refractivity (Wildman–Crippen MR) is 123 cm³/mol. The molecule has 2 amide bonds. The van der Waals surface area contributed by atoms with Gasteiger partial charge in [-0.15, -0.1) is 0 Å². The average Bonchev–Trinajstić information content (AvgIpc) is 3.25. The molecule has 3 aromatic rings. The van der Waals surface area contributed by atoms with Crippen LogP contribution in [0.2, 0.25) is 0 Å². The number of aromatic nitrogens is 2. The number of aromatic amines is 1. The first-order valence-electron chi connectivity index (χ1n) is 11.0. The van der Waals surface area contributed by atoms with Crippen molar-refractivity contribution in [1.82, 2.24) is 24.9 Å². The molecule has 1 aliphatic heterocycles. The zero-order valence-corrected chi connectivity index (χ0v) is 18.6. The van der Waals surface area contributed by atoms with E-state index >= 15 is 0 Å². The Morgan fingerprint density at radius 3 is 2.50 bits per heavy atom. The van der Waals surface area contributed by atoms with Gasteiger partial charge in [0.25, 0.3) is 5.91 Å². The molecule has 1 aromatic heterocycles. The van der Waals surface area contributed by atoms with Gasteiger partial charge in [-0.2, -0.15) is 5.10 Å². The number of benzene rings is 2. The number of piperazine rings is 1. The van der Waals surface area contributed by atoms with Gasteiger partial charge in [-0.1, -0.05) is 30.3 Å². The molecule has 2 aromatic carbocycles. The van der Waals surface area contributed by atoms with Gasteiger partial charge in [0.2, 0.25) is 5.91 Å². The first kappa shape index (κ1) is 21.8. The third kappa shape index (κ3) is 4.91. The summed E-state index contributed by atoms with van der Waals surface area (Å²) in [5.74, 6) is 0.832. The topological polar surface area (TPSA) is 81.8 Å². The second-order valence-electron chi connectivity index (χ2n) is 8.01. The minimum atomic E-state index is -0.0685. The lowest BCUT2D eigenvalue weighted by Crippen LogP contribution is -2.51. The molecular formula is C24H29N5O3. The fraction of sp³-hybridized carbons (Fsp3) is 0.375. The molecule has 0 saturated carbocycles. The molecule has 0 atom stereocenters. The Balaban J connectivity index is 1.27. The minimum Gasteiger partial charge on any atom is -0.494 e. The van der Waals surface area contributed by atoms with Crippen LogP contribution in [0.5, 0.6) is 5.75 Å². The Morgan fingerprint density at radius 2 is 1.78 bits per heavy atom. The van der Waals surface area contributed by atoms with Gasteiger partial charge >= 0.3 is 0 Å². The quantitative estimate of drug-likeness (QED) is 0.616. The highest BCUT2D eigenvalue weighted by Gasteiger charge is 2.26. The van der Waals surface area contributed by atoms with Crippen molar-refractivity contribution in [1.29, 1.82) is 0 Å². The predicted octanol–water partition coefficient (Wildman–Crippen LogP) is 2.38. The maximum atomic E-state index is 12.9. The molecule has 0 radical (unpaired) electrons. The number of nitrogens with zero attached hydrogens (tertiary/aromatic N) is 4. The second kappa shape index (κ2) is 9.82. The third-order valence-corrected chi connectivity index (χ3v) is 5.77. The van der Waals surface area contributed by atoms with Crippen LogP contribution in [0, 0.1) is 0 Å². The molecule has 1 fully saturated rings. The van der Waals surface area contributed by atoms with Crippen molar-refractivity contribution in [2.75, 3.05) is 46.4 Å². The highest BCUT2D eigenvalue weighted by Crippen LogP contribution is 2.18. The van der Waals surface area contributed by atoms with Crippen LogP contribution in [0.4, 0.5) is 0 Å². The fourth-order valence-electron chi connectivity index (χ4n) is 3.92. The Bertz CT molecular complexity index is 1070. The van der Waals surface area contributed by atoms with E-state index in [9.17, 15) is 9.59 Å². The van der Waals surface area contributed by atoms with Gasteiger partial charge in [-0.25, -0.2) is 0 Å². The van der Waals surface area contributed by atoms with Crippen molar-refractivity contribution in [2.24, 2.45) is 0 Å². The van der Waals surface area contributed by atoms with Crippen LogP contribution < -0.4 is 4.74 Å². The summed E-state index contributed by atoms with van der Waals surface area (Å²) >= 11 is 0. The molecule has 1 saturated heterocycles. The van der Waals surface area contributed by atoms with Gasteiger partial charge in [-0.05, 0) is 30.7 Å². The number of amides is 2. The summed E-state index contributed by atoms with van der Waals surface area (Å²) in [7, 11) is 1.82. The Kier molecular flexibility index (Phi) is 6.70. The van der Waals surface area contributed by atoms with E-state index in [1.54, 1.807) is 4.90 Å². The molecule has 4 rings (SSSR count). The highest BCUT2D eigenvalue weighted by molar-refractivity contribution is 6.04. The summed E-state index contributed by atoms with van der Waals surface area (Å²) in [4.78, 5) is 31.3. The highest BCUT2D eigenvalue weighted by atomic mass is 16.5. The number of carbonyl (C=O) groups excluding carboxylic acids is 2. The second-order valence-corrected chi connectivity index (χ2v) is 8.01. The number of para-hydroxylation sites is 1. The Morgan fingerprint density at radius 1 is 1.06 bits per heavy atom. The van der Waals surface area contributed by atoms with Gasteiger partial charge in [0.05, 0.1) is 18.7 Å². The van der Waals surface area contributed by atoms with E-state index in [4.69, 9.17) is 4.74 Å². The van der Waals surface area contributed by atoms with E-state index in [2.05, 4.69) is 15.1 Å². The fourth-order valence-corrected chi connectivity index (χ4v) is 3.92. The Labute approximate surface area is 187 Å². The lowest BCUT2D eigenvalue weighted by molar-refractivity contribution is -0.132. The van der Waals surface area contributed by atoms with E-state index in [0.717, 1.165) is 22.2 Å². The lowest BCUT2D eigenvalue weighted by atomic mass is 10.2. The van der Waals surface area contributed by atoms with Crippen molar-refractivity contribution in [2.45, 2.75) is 13.5 Å². The number of fused-ring (bicyclic) bond motifs is 1. The zero-order valence-electron chi connectivity index (χ0n) is 18.6. The van der Waals surface area contributed by atoms with E-state index in [1.807, 2.05) is 67.4 Å². The summed E-state index contributed by atoms with van der Waals surface area (Å²) in [6.45, 7) is 5.97. The molecule has 168 valence electrons. The Hall–Kier alpha value is -3.39. The normalized spacial score (nSPS) is 14.5.